The molecule has 0 N–H and O–H groups in total. The van der Waals surface area contributed by atoms with Gasteiger partial charge in [-0.15, -0.1) is 0 Å². The average Bonchev–Trinajstić information content (AvgIpc) is 2.48. The number of hydrogen-bond acceptors (Lipinski definition) is 4. The van der Waals surface area contributed by atoms with Gasteiger partial charge in [-0.1, -0.05) is 6.92 Å². The second-order valence-electron chi connectivity index (χ2n) is 4.49. The second-order valence-corrected chi connectivity index (χ2v) is 4.49. The molecule has 2 bridgehead atoms. The van der Waals surface area contributed by atoms with E-state index in [4.69, 9.17) is 4.74 Å². The molecule has 4 heteroatoms. The molecule has 0 amide bonds. The highest BCUT2D eigenvalue weighted by Crippen LogP contribution is 2.51. The molecule has 0 aliphatic heterocycles. The monoisotopic (exact) mass is 210 g/mol. The number of hydrogen-bond donors (Lipinski definition) is 0. The van der Waals surface area contributed by atoms with E-state index in [1.807, 2.05) is 0 Å². The normalized spacial score (nSPS) is 39.3. The molecule has 0 aromatic heterocycles. The summed E-state index contributed by atoms with van der Waals surface area (Å²) >= 11 is 0. The van der Waals surface area contributed by atoms with Crippen LogP contribution in [0.15, 0.2) is 0 Å². The van der Waals surface area contributed by atoms with Crippen LogP contribution in [0, 0.1) is 17.3 Å². The minimum absolute atomic E-state index is 0.00970. The number of esters is 1. The second kappa shape index (κ2) is 3.15. The molecule has 0 saturated heterocycles. The molecule has 0 radical (unpaired) electrons. The predicted octanol–water partition coefficient (Wildman–Crippen LogP) is 0.734. The van der Waals surface area contributed by atoms with Crippen molar-refractivity contribution in [1.29, 1.82) is 0 Å². The van der Waals surface area contributed by atoms with E-state index in [1.54, 1.807) is 6.92 Å². The van der Waals surface area contributed by atoms with Crippen molar-refractivity contribution in [2.45, 2.75) is 26.2 Å². The van der Waals surface area contributed by atoms with Crippen LogP contribution in [0.3, 0.4) is 0 Å². The molecule has 0 heterocycles. The number of carbonyl (C=O) groups is 3. The number of Topliss-reactive ketones (excluding diaryl/α,β-unsaturated/α-hetero) is 2. The molecular weight excluding hydrogens is 196 g/mol. The molecule has 0 aromatic carbocycles. The first-order chi connectivity index (χ1) is 7.04. The molecule has 0 aromatic rings. The molecule has 15 heavy (non-hydrogen) atoms. The zero-order valence-electron chi connectivity index (χ0n) is 8.91. The van der Waals surface area contributed by atoms with E-state index in [9.17, 15) is 14.4 Å². The largest absolute Gasteiger partial charge is 0.468 e. The highest BCUT2D eigenvalue weighted by Gasteiger charge is 2.62. The number of fused-ring (bicyclic) bond motifs is 2. The quantitative estimate of drug-likeness (QED) is 0.473. The van der Waals surface area contributed by atoms with Gasteiger partial charge in [0, 0.05) is 6.42 Å². The summed E-state index contributed by atoms with van der Waals surface area (Å²) in [6, 6.07) is 0. The average molecular weight is 210 g/mol. The molecule has 82 valence electrons. The minimum atomic E-state index is -1.02. The van der Waals surface area contributed by atoms with Crippen LogP contribution in [0.2, 0.25) is 0 Å². The number of carbonyl (C=O) groups excluding carboxylic acids is 3. The molecule has 2 aliphatic rings. The van der Waals surface area contributed by atoms with E-state index in [0.29, 0.717) is 19.3 Å². The Hall–Kier alpha value is -1.19. The standard InChI is InChI=1S/C11H14O4/c1-6-5-8(12)7-3-4-11(6,9(7)13)10(14)15-2/h6-7H,3-5H2,1-2H3/t6-,7?,11-/m1/s1. The van der Waals surface area contributed by atoms with Crippen molar-refractivity contribution in [3.05, 3.63) is 0 Å². The lowest BCUT2D eigenvalue weighted by Crippen LogP contribution is -2.48. The van der Waals surface area contributed by atoms with Crippen molar-refractivity contribution in [3.63, 3.8) is 0 Å². The van der Waals surface area contributed by atoms with Gasteiger partial charge < -0.3 is 4.74 Å². The molecule has 2 rings (SSSR count). The van der Waals surface area contributed by atoms with Gasteiger partial charge >= 0.3 is 5.97 Å². The zero-order chi connectivity index (χ0) is 11.2. The Kier molecular flexibility index (Phi) is 2.17. The Bertz CT molecular complexity index is 346. The van der Waals surface area contributed by atoms with Gasteiger partial charge in [-0.05, 0) is 18.8 Å². The Morgan fingerprint density at radius 3 is 2.73 bits per heavy atom. The summed E-state index contributed by atoms with van der Waals surface area (Å²) < 4.78 is 4.72. The maximum Gasteiger partial charge on any atom is 0.319 e. The third-order valence-corrected chi connectivity index (χ3v) is 3.87. The topological polar surface area (TPSA) is 60.4 Å². The number of rotatable bonds is 1. The third-order valence-electron chi connectivity index (χ3n) is 3.87. The van der Waals surface area contributed by atoms with Gasteiger partial charge in [0.25, 0.3) is 0 Å². The van der Waals surface area contributed by atoms with E-state index in [-0.39, 0.29) is 17.5 Å². The van der Waals surface area contributed by atoms with Crippen LogP contribution >= 0.6 is 0 Å². The van der Waals surface area contributed by atoms with Crippen LogP contribution in [0.4, 0.5) is 0 Å². The predicted molar refractivity (Wildman–Crippen MR) is 51.0 cm³/mol. The van der Waals surface area contributed by atoms with Crippen LogP contribution in [-0.2, 0) is 19.1 Å². The summed E-state index contributed by atoms with van der Waals surface area (Å²) in [5, 5.41) is 0. The summed E-state index contributed by atoms with van der Waals surface area (Å²) in [4.78, 5) is 35.3. The van der Waals surface area contributed by atoms with Crippen molar-refractivity contribution in [2.75, 3.05) is 7.11 Å². The van der Waals surface area contributed by atoms with Gasteiger partial charge in [0.2, 0.25) is 0 Å². The fourth-order valence-electron chi connectivity index (χ4n) is 2.94. The summed E-state index contributed by atoms with van der Waals surface area (Å²) in [5.74, 6) is -1.44. The summed E-state index contributed by atoms with van der Waals surface area (Å²) in [6.07, 6.45) is 1.30. The van der Waals surface area contributed by atoms with Gasteiger partial charge in [-0.3, -0.25) is 14.4 Å². The first-order valence-electron chi connectivity index (χ1n) is 5.19. The Labute approximate surface area is 88.0 Å². The highest BCUT2D eigenvalue weighted by molar-refractivity contribution is 6.17. The molecular formula is C11H14O4. The van der Waals surface area contributed by atoms with Gasteiger partial charge in [0.1, 0.15) is 11.2 Å². The fraction of sp³-hybridized carbons (Fsp3) is 0.727. The number of ether oxygens (including phenoxy) is 1. The van der Waals surface area contributed by atoms with Gasteiger partial charge in [-0.25, -0.2) is 0 Å². The van der Waals surface area contributed by atoms with E-state index < -0.39 is 17.3 Å². The van der Waals surface area contributed by atoms with Crippen LogP contribution in [0.25, 0.3) is 0 Å². The van der Waals surface area contributed by atoms with Crippen LogP contribution in [-0.4, -0.2) is 24.6 Å². The maximum atomic E-state index is 12.0. The lowest BCUT2D eigenvalue weighted by Gasteiger charge is -2.34. The molecule has 2 fully saturated rings. The number of methoxy groups -OCH3 is 1. The van der Waals surface area contributed by atoms with Crippen molar-refractivity contribution in [1.82, 2.24) is 0 Å². The summed E-state index contributed by atoms with van der Waals surface area (Å²) in [7, 11) is 1.29. The Morgan fingerprint density at radius 1 is 1.47 bits per heavy atom. The summed E-state index contributed by atoms with van der Waals surface area (Å²) in [5.41, 5.74) is -1.02. The Morgan fingerprint density at radius 2 is 2.13 bits per heavy atom. The van der Waals surface area contributed by atoms with E-state index >= 15 is 0 Å². The summed E-state index contributed by atoms with van der Waals surface area (Å²) in [6.45, 7) is 1.79. The third kappa shape index (κ3) is 1.10. The van der Waals surface area contributed by atoms with Gasteiger partial charge in [0.05, 0.1) is 13.0 Å². The van der Waals surface area contributed by atoms with Crippen molar-refractivity contribution < 1.29 is 19.1 Å². The van der Waals surface area contributed by atoms with E-state index in [0.717, 1.165) is 0 Å². The van der Waals surface area contributed by atoms with Crippen molar-refractivity contribution in [3.8, 4) is 0 Å². The van der Waals surface area contributed by atoms with E-state index in [1.165, 1.54) is 7.11 Å². The lowest BCUT2D eigenvalue weighted by molar-refractivity contribution is -0.163. The van der Waals surface area contributed by atoms with Crippen molar-refractivity contribution >= 4 is 17.5 Å². The molecule has 0 spiro atoms. The first-order valence-corrected chi connectivity index (χ1v) is 5.19. The molecule has 1 unspecified atom stereocenters. The maximum absolute atomic E-state index is 12.0. The number of ketones is 2. The minimum Gasteiger partial charge on any atom is -0.468 e. The first kappa shape index (κ1) is 10.3. The van der Waals surface area contributed by atoms with Crippen LogP contribution in [0.1, 0.15) is 26.2 Å². The molecule has 3 atom stereocenters. The van der Waals surface area contributed by atoms with Crippen LogP contribution in [0.5, 0.6) is 0 Å². The van der Waals surface area contributed by atoms with Crippen molar-refractivity contribution in [2.24, 2.45) is 17.3 Å². The van der Waals surface area contributed by atoms with Gasteiger partial charge in [-0.2, -0.15) is 0 Å². The SMILES string of the molecule is COC(=O)[C@]12CCC(C(=O)C[C@H]1C)C2=O. The zero-order valence-corrected chi connectivity index (χ0v) is 8.91. The Balaban J connectivity index is 2.44. The smallest absolute Gasteiger partial charge is 0.319 e. The van der Waals surface area contributed by atoms with Crippen LogP contribution < -0.4 is 0 Å². The van der Waals surface area contributed by atoms with Gasteiger partial charge in [0.15, 0.2) is 5.78 Å². The molecule has 2 saturated carbocycles. The molecule has 2 aliphatic carbocycles. The molecule has 4 nitrogen and oxygen atoms in total. The highest BCUT2D eigenvalue weighted by atomic mass is 16.5. The van der Waals surface area contributed by atoms with E-state index in [2.05, 4.69) is 0 Å². The fourth-order valence-corrected chi connectivity index (χ4v) is 2.94. The lowest BCUT2D eigenvalue weighted by atomic mass is 9.67.